The average molecular weight is 233 g/mol. The van der Waals surface area contributed by atoms with Gasteiger partial charge in [-0.15, -0.1) is 0 Å². The number of hydrogen-bond acceptors (Lipinski definition) is 5. The molecule has 0 aromatic rings. The molecule has 17 heavy (non-hydrogen) atoms. The molecule has 1 N–H and O–H groups in total. The van der Waals surface area contributed by atoms with Crippen molar-refractivity contribution in [2.75, 3.05) is 0 Å². The van der Waals surface area contributed by atoms with Crippen molar-refractivity contribution in [2.45, 2.75) is 0 Å². The molecule has 3 aliphatic heterocycles. The number of aliphatic carboxylic acids is 1. The van der Waals surface area contributed by atoms with Crippen LogP contribution in [0.2, 0.25) is 0 Å². The van der Waals surface area contributed by atoms with Gasteiger partial charge in [0.15, 0.2) is 0 Å². The van der Waals surface area contributed by atoms with E-state index >= 15 is 0 Å². The average Bonchev–Trinajstić information content (AvgIpc) is 2.89. The lowest BCUT2D eigenvalue weighted by molar-refractivity contribution is -0.153. The summed E-state index contributed by atoms with van der Waals surface area (Å²) in [5.74, 6) is -4.20. The van der Waals surface area contributed by atoms with Crippen molar-refractivity contribution in [3.05, 3.63) is 23.3 Å². The van der Waals surface area contributed by atoms with Gasteiger partial charge < -0.3 is 5.11 Å². The Morgan fingerprint density at radius 1 is 1.24 bits per heavy atom. The molecule has 8 nitrogen and oxygen atoms in total. The molecule has 3 aliphatic rings. The van der Waals surface area contributed by atoms with E-state index in [1.54, 1.807) is 0 Å². The van der Waals surface area contributed by atoms with Gasteiger partial charge in [0.1, 0.15) is 23.4 Å². The number of carbonyl (C=O) groups is 4. The van der Waals surface area contributed by atoms with Crippen LogP contribution in [0.1, 0.15) is 0 Å². The summed E-state index contributed by atoms with van der Waals surface area (Å²) >= 11 is 0. The lowest BCUT2D eigenvalue weighted by atomic mass is 10.3. The number of carboxylic acids is 1. The maximum atomic E-state index is 11.7. The first kappa shape index (κ1) is 9.46. The summed E-state index contributed by atoms with van der Waals surface area (Å²) in [4.78, 5) is 50.3. The molecule has 0 aliphatic carbocycles. The summed E-state index contributed by atoms with van der Waals surface area (Å²) in [7, 11) is 0. The number of aliphatic imine (C=N–C) groups is 1. The minimum absolute atomic E-state index is 0.0548. The largest absolute Gasteiger partial charge is 0.474 e. The Labute approximate surface area is 93.1 Å². The SMILES string of the molecule is O=C(O)C(=O)N1C=C2C(=O)C1=C1C(=O)N=CN21. The highest BCUT2D eigenvalue weighted by Gasteiger charge is 2.50. The number of carboxylic acid groups (broad SMARTS) is 1. The third-order valence-electron chi connectivity index (χ3n) is 2.56. The first-order chi connectivity index (χ1) is 8.02. The second-order valence-corrected chi connectivity index (χ2v) is 3.44. The fraction of sp³-hybridized carbons (Fsp3) is 0. The molecule has 0 saturated heterocycles. The number of rotatable bonds is 0. The minimum atomic E-state index is -1.70. The summed E-state index contributed by atoms with van der Waals surface area (Å²) in [5, 5.41) is 8.58. The standard InChI is InChI=1S/C9H3N3O5/c13-6-3-1-11(8(15)9(16)17)4(6)5-7(14)10-2-12(3)5/h1-2H,(H,16,17). The fourth-order valence-electron chi connectivity index (χ4n) is 1.86. The van der Waals surface area contributed by atoms with Gasteiger partial charge in [-0.25, -0.2) is 4.79 Å². The molecule has 3 heterocycles. The Hall–Kier alpha value is -2.77. The first-order valence-electron chi connectivity index (χ1n) is 4.47. The van der Waals surface area contributed by atoms with E-state index in [0.29, 0.717) is 4.90 Å². The predicted molar refractivity (Wildman–Crippen MR) is 49.9 cm³/mol. The predicted octanol–water partition coefficient (Wildman–Crippen LogP) is -1.58. The first-order valence-corrected chi connectivity index (χ1v) is 4.47. The molecule has 8 heteroatoms. The fourth-order valence-corrected chi connectivity index (χ4v) is 1.86. The third kappa shape index (κ3) is 0.936. The van der Waals surface area contributed by atoms with Gasteiger partial charge in [0.2, 0.25) is 5.78 Å². The zero-order valence-electron chi connectivity index (χ0n) is 8.08. The Balaban J connectivity index is 2.14. The second-order valence-electron chi connectivity index (χ2n) is 3.44. The highest BCUT2D eigenvalue weighted by molar-refractivity contribution is 6.36. The number of fused-ring (bicyclic) bond motifs is 4. The molecule has 2 bridgehead atoms. The quantitative estimate of drug-likeness (QED) is 0.506. The van der Waals surface area contributed by atoms with E-state index in [0.717, 1.165) is 12.5 Å². The van der Waals surface area contributed by atoms with Crippen LogP contribution in [0, 0.1) is 0 Å². The molecule has 0 atom stereocenters. The topological polar surface area (TPSA) is 107 Å². The van der Waals surface area contributed by atoms with Gasteiger partial charge in [0.05, 0.1) is 0 Å². The molecule has 0 radical (unpaired) electrons. The minimum Gasteiger partial charge on any atom is -0.474 e. The molecule has 0 aromatic heterocycles. The smallest absolute Gasteiger partial charge is 0.395 e. The normalized spacial score (nSPS) is 20.4. The van der Waals surface area contributed by atoms with E-state index in [2.05, 4.69) is 4.99 Å². The van der Waals surface area contributed by atoms with Crippen molar-refractivity contribution in [3.63, 3.8) is 0 Å². The molecule has 0 unspecified atom stereocenters. The molecular weight excluding hydrogens is 230 g/mol. The van der Waals surface area contributed by atoms with Gasteiger partial charge in [0.25, 0.3) is 5.91 Å². The van der Waals surface area contributed by atoms with Crippen LogP contribution in [0.3, 0.4) is 0 Å². The van der Waals surface area contributed by atoms with Crippen molar-refractivity contribution in [1.29, 1.82) is 0 Å². The Bertz CT molecular complexity index is 612. The Kier molecular flexibility index (Phi) is 1.48. The van der Waals surface area contributed by atoms with Crippen molar-refractivity contribution in [3.8, 4) is 0 Å². The number of hydrogen-bond donors (Lipinski definition) is 1. The summed E-state index contributed by atoms with van der Waals surface area (Å²) in [6.45, 7) is 0. The van der Waals surface area contributed by atoms with Crippen molar-refractivity contribution < 1.29 is 24.3 Å². The van der Waals surface area contributed by atoms with E-state index in [1.165, 1.54) is 4.90 Å². The molecule has 0 spiro atoms. The van der Waals surface area contributed by atoms with Crippen molar-refractivity contribution >= 4 is 29.9 Å². The molecule has 84 valence electrons. The maximum Gasteiger partial charge on any atom is 0.395 e. The van der Waals surface area contributed by atoms with Crippen LogP contribution < -0.4 is 0 Å². The van der Waals surface area contributed by atoms with Crippen LogP contribution in [-0.4, -0.2) is 44.8 Å². The number of carbonyl (C=O) groups excluding carboxylic acids is 3. The summed E-state index contributed by atoms with van der Waals surface area (Å²) < 4.78 is 0. The van der Waals surface area contributed by atoms with E-state index in [4.69, 9.17) is 5.11 Å². The molecular formula is C9H3N3O5. The van der Waals surface area contributed by atoms with Crippen LogP contribution in [0.15, 0.2) is 28.3 Å². The lowest BCUT2D eigenvalue weighted by Crippen LogP contribution is -2.33. The number of nitrogens with zero attached hydrogens (tertiary/aromatic N) is 3. The molecule has 3 rings (SSSR count). The van der Waals surface area contributed by atoms with E-state index in [1.807, 2.05) is 0 Å². The number of amides is 2. The molecule has 2 amide bonds. The van der Waals surface area contributed by atoms with E-state index < -0.39 is 23.6 Å². The van der Waals surface area contributed by atoms with Crippen LogP contribution in [0.25, 0.3) is 0 Å². The monoisotopic (exact) mass is 233 g/mol. The van der Waals surface area contributed by atoms with Crippen LogP contribution in [0.5, 0.6) is 0 Å². The number of ketones is 1. The molecule has 0 saturated carbocycles. The van der Waals surface area contributed by atoms with E-state index in [-0.39, 0.29) is 17.1 Å². The highest BCUT2D eigenvalue weighted by Crippen LogP contribution is 2.38. The van der Waals surface area contributed by atoms with Gasteiger partial charge >= 0.3 is 11.9 Å². The maximum absolute atomic E-state index is 11.7. The molecule has 0 fully saturated rings. The van der Waals surface area contributed by atoms with Crippen molar-refractivity contribution in [2.24, 2.45) is 4.99 Å². The van der Waals surface area contributed by atoms with Crippen molar-refractivity contribution in [1.82, 2.24) is 9.80 Å². The third-order valence-corrected chi connectivity index (χ3v) is 2.56. The van der Waals surface area contributed by atoms with Gasteiger partial charge in [-0.05, 0) is 0 Å². The second kappa shape index (κ2) is 2.67. The Morgan fingerprint density at radius 3 is 2.59 bits per heavy atom. The van der Waals surface area contributed by atoms with Crippen LogP contribution in [0.4, 0.5) is 0 Å². The summed E-state index contributed by atoms with van der Waals surface area (Å²) in [5.41, 5.74) is -0.254. The van der Waals surface area contributed by atoms with Gasteiger partial charge in [-0.2, -0.15) is 4.99 Å². The van der Waals surface area contributed by atoms with Gasteiger partial charge in [-0.1, -0.05) is 0 Å². The zero-order chi connectivity index (χ0) is 12.3. The highest BCUT2D eigenvalue weighted by atomic mass is 16.4. The van der Waals surface area contributed by atoms with E-state index in [9.17, 15) is 19.2 Å². The zero-order valence-corrected chi connectivity index (χ0v) is 8.08. The Morgan fingerprint density at radius 2 is 1.94 bits per heavy atom. The summed E-state index contributed by atoms with van der Waals surface area (Å²) in [6, 6.07) is 0. The van der Waals surface area contributed by atoms with Crippen LogP contribution in [-0.2, 0) is 19.2 Å². The lowest BCUT2D eigenvalue weighted by Gasteiger charge is -2.18. The van der Waals surface area contributed by atoms with Gasteiger partial charge in [0, 0.05) is 6.20 Å². The van der Waals surface area contributed by atoms with Gasteiger partial charge in [-0.3, -0.25) is 24.2 Å². The molecule has 0 aromatic carbocycles. The number of Topliss-reactive ketones (excluding diaryl/α,β-unsaturated/α-hetero) is 1. The summed E-state index contributed by atoms with van der Waals surface area (Å²) in [6.07, 6.45) is 2.25. The van der Waals surface area contributed by atoms with Crippen LogP contribution >= 0.6 is 0 Å².